The summed E-state index contributed by atoms with van der Waals surface area (Å²) in [5, 5.41) is 9.27. The fourth-order valence-corrected chi connectivity index (χ4v) is 4.31. The second kappa shape index (κ2) is 6.87. The number of ether oxygens (including phenoxy) is 1. The number of hydrogen-bond acceptors (Lipinski definition) is 4. The lowest BCUT2D eigenvalue weighted by molar-refractivity contribution is -0.141. The van der Waals surface area contributed by atoms with Gasteiger partial charge in [0, 0.05) is 26.0 Å². The number of likely N-dealkylation sites (N-methyl/N-ethyl adjacent to an activating group) is 1. The Kier molecular flexibility index (Phi) is 5.37. The van der Waals surface area contributed by atoms with Crippen molar-refractivity contribution in [3.8, 4) is 0 Å². The maximum Gasteiger partial charge on any atom is 0.327 e. The van der Waals surface area contributed by atoms with Crippen molar-refractivity contribution < 1.29 is 19.4 Å². The number of aliphatic carboxylic acids is 1. The Hall–Kier alpha value is -0.950. The van der Waals surface area contributed by atoms with E-state index in [1.807, 2.05) is 13.8 Å². The second-order valence-electron chi connectivity index (χ2n) is 6.03. The van der Waals surface area contributed by atoms with E-state index in [9.17, 15) is 14.7 Å². The first-order valence-corrected chi connectivity index (χ1v) is 8.46. The van der Waals surface area contributed by atoms with Crippen molar-refractivity contribution in [2.24, 2.45) is 5.92 Å². The molecule has 0 bridgehead atoms. The van der Waals surface area contributed by atoms with E-state index in [0.29, 0.717) is 12.3 Å². The first-order chi connectivity index (χ1) is 9.91. The van der Waals surface area contributed by atoms with Crippen molar-refractivity contribution in [1.82, 2.24) is 9.80 Å². The van der Waals surface area contributed by atoms with Crippen LogP contribution in [-0.4, -0.2) is 70.4 Å². The van der Waals surface area contributed by atoms with Crippen LogP contribution in [0.2, 0.25) is 0 Å². The average molecular weight is 316 g/mol. The zero-order valence-electron chi connectivity index (χ0n) is 12.8. The second-order valence-corrected chi connectivity index (χ2v) is 7.18. The molecule has 2 heterocycles. The zero-order valence-corrected chi connectivity index (χ0v) is 13.6. The Balaban J connectivity index is 2.06. The van der Waals surface area contributed by atoms with Crippen molar-refractivity contribution in [1.29, 1.82) is 0 Å². The number of urea groups is 1. The molecule has 6 nitrogen and oxygen atoms in total. The molecule has 0 aromatic heterocycles. The van der Waals surface area contributed by atoms with Gasteiger partial charge in [0.15, 0.2) is 0 Å². The van der Waals surface area contributed by atoms with Crippen LogP contribution in [-0.2, 0) is 9.53 Å². The van der Waals surface area contributed by atoms with E-state index in [1.165, 1.54) is 4.90 Å². The smallest absolute Gasteiger partial charge is 0.327 e. The maximum atomic E-state index is 12.7. The highest BCUT2D eigenvalue weighted by Gasteiger charge is 2.44. The number of amides is 2. The molecule has 0 aromatic rings. The SMILES string of the molecule is CC(C)C1SCC(C(=O)O)N1C(=O)N(C)CC1CCCO1. The molecule has 3 unspecified atom stereocenters. The molecule has 2 fully saturated rings. The minimum atomic E-state index is -0.926. The fraction of sp³-hybridized carbons (Fsp3) is 0.857. The summed E-state index contributed by atoms with van der Waals surface area (Å²) in [4.78, 5) is 27.2. The monoisotopic (exact) mass is 316 g/mol. The third-order valence-corrected chi connectivity index (χ3v) is 5.56. The van der Waals surface area contributed by atoms with Crippen LogP contribution in [0, 0.1) is 5.92 Å². The molecule has 0 aromatic carbocycles. The summed E-state index contributed by atoms with van der Waals surface area (Å²) in [5.74, 6) is -0.249. The summed E-state index contributed by atoms with van der Waals surface area (Å²) in [7, 11) is 1.73. The molecule has 2 rings (SSSR count). The summed E-state index contributed by atoms with van der Waals surface area (Å²) in [6.07, 6.45) is 2.07. The lowest BCUT2D eigenvalue weighted by Crippen LogP contribution is -2.52. The van der Waals surface area contributed by atoms with Crippen molar-refractivity contribution in [3.63, 3.8) is 0 Å². The number of carboxylic acids is 1. The predicted molar refractivity (Wildman–Crippen MR) is 81.3 cm³/mol. The molecule has 7 heteroatoms. The van der Waals surface area contributed by atoms with Gasteiger partial charge in [-0.15, -0.1) is 11.8 Å². The fourth-order valence-electron chi connectivity index (χ4n) is 2.84. The number of carboxylic acid groups (broad SMARTS) is 1. The minimum absolute atomic E-state index is 0.0782. The average Bonchev–Trinajstić information content (AvgIpc) is 3.05. The Bertz CT molecular complexity index is 398. The predicted octanol–water partition coefficient (Wildman–Crippen LogP) is 1.70. The Morgan fingerprint density at radius 3 is 2.71 bits per heavy atom. The van der Waals surface area contributed by atoms with Crippen molar-refractivity contribution >= 4 is 23.8 Å². The van der Waals surface area contributed by atoms with Gasteiger partial charge < -0.3 is 14.7 Å². The van der Waals surface area contributed by atoms with E-state index in [2.05, 4.69) is 0 Å². The Labute approximate surface area is 129 Å². The number of thioether (sulfide) groups is 1. The van der Waals surface area contributed by atoms with E-state index in [-0.39, 0.29) is 23.4 Å². The zero-order chi connectivity index (χ0) is 15.6. The standard InChI is InChI=1S/C14H24N2O4S/c1-9(2)12-16(11(8-21-12)13(17)18)14(19)15(3)7-10-5-4-6-20-10/h9-12H,4-8H2,1-3H3,(H,17,18). The normalized spacial score (nSPS) is 29.1. The van der Waals surface area contributed by atoms with E-state index < -0.39 is 12.0 Å². The van der Waals surface area contributed by atoms with Crippen LogP contribution in [0.1, 0.15) is 26.7 Å². The van der Waals surface area contributed by atoms with E-state index in [0.717, 1.165) is 19.4 Å². The van der Waals surface area contributed by atoms with Gasteiger partial charge in [-0.05, 0) is 18.8 Å². The topological polar surface area (TPSA) is 70.1 Å². The van der Waals surface area contributed by atoms with E-state index in [4.69, 9.17) is 4.74 Å². The van der Waals surface area contributed by atoms with Gasteiger partial charge in [-0.1, -0.05) is 13.8 Å². The molecule has 0 saturated carbocycles. The number of rotatable bonds is 4. The first kappa shape index (κ1) is 16.4. The maximum absolute atomic E-state index is 12.7. The van der Waals surface area contributed by atoms with Gasteiger partial charge in [0.2, 0.25) is 0 Å². The highest BCUT2D eigenvalue weighted by Crippen LogP contribution is 2.34. The number of carbonyl (C=O) groups excluding carboxylic acids is 1. The number of carbonyl (C=O) groups is 2. The first-order valence-electron chi connectivity index (χ1n) is 7.41. The van der Waals surface area contributed by atoms with Gasteiger partial charge in [-0.3, -0.25) is 4.90 Å². The lowest BCUT2D eigenvalue weighted by atomic mass is 10.1. The van der Waals surface area contributed by atoms with Crippen LogP contribution in [0.25, 0.3) is 0 Å². The molecule has 21 heavy (non-hydrogen) atoms. The highest BCUT2D eigenvalue weighted by atomic mass is 32.2. The largest absolute Gasteiger partial charge is 0.480 e. The molecular formula is C14H24N2O4S. The van der Waals surface area contributed by atoms with Crippen LogP contribution in [0.4, 0.5) is 4.79 Å². The van der Waals surface area contributed by atoms with Crippen molar-refractivity contribution in [2.45, 2.75) is 44.2 Å². The van der Waals surface area contributed by atoms with Crippen molar-refractivity contribution in [3.05, 3.63) is 0 Å². The van der Waals surface area contributed by atoms with Gasteiger partial charge in [0.1, 0.15) is 6.04 Å². The Morgan fingerprint density at radius 2 is 2.19 bits per heavy atom. The van der Waals surface area contributed by atoms with Crippen LogP contribution in [0.15, 0.2) is 0 Å². The van der Waals surface area contributed by atoms with Gasteiger partial charge in [-0.25, -0.2) is 9.59 Å². The summed E-state index contributed by atoms with van der Waals surface area (Å²) in [6.45, 7) is 5.31. The summed E-state index contributed by atoms with van der Waals surface area (Å²) >= 11 is 1.55. The number of hydrogen-bond donors (Lipinski definition) is 1. The lowest BCUT2D eigenvalue weighted by Gasteiger charge is -2.34. The van der Waals surface area contributed by atoms with Crippen LogP contribution >= 0.6 is 11.8 Å². The van der Waals surface area contributed by atoms with Gasteiger partial charge in [-0.2, -0.15) is 0 Å². The Morgan fingerprint density at radius 1 is 1.48 bits per heavy atom. The van der Waals surface area contributed by atoms with Crippen LogP contribution in [0.3, 0.4) is 0 Å². The molecular weight excluding hydrogens is 292 g/mol. The molecule has 120 valence electrons. The van der Waals surface area contributed by atoms with E-state index >= 15 is 0 Å². The quantitative estimate of drug-likeness (QED) is 0.855. The molecule has 0 radical (unpaired) electrons. The van der Waals surface area contributed by atoms with Crippen LogP contribution < -0.4 is 0 Å². The highest BCUT2D eigenvalue weighted by molar-refractivity contribution is 8.00. The van der Waals surface area contributed by atoms with Crippen LogP contribution in [0.5, 0.6) is 0 Å². The molecule has 0 spiro atoms. The van der Waals surface area contributed by atoms with Crippen molar-refractivity contribution in [2.75, 3.05) is 26.0 Å². The van der Waals surface area contributed by atoms with E-state index in [1.54, 1.807) is 23.7 Å². The summed E-state index contributed by atoms with van der Waals surface area (Å²) < 4.78 is 5.55. The third kappa shape index (κ3) is 3.63. The van der Waals surface area contributed by atoms with Gasteiger partial charge in [0.25, 0.3) is 0 Å². The minimum Gasteiger partial charge on any atom is -0.480 e. The third-order valence-electron chi connectivity index (χ3n) is 3.94. The summed E-state index contributed by atoms with van der Waals surface area (Å²) in [6, 6.07) is -0.941. The molecule has 2 aliphatic rings. The number of nitrogens with zero attached hydrogens (tertiary/aromatic N) is 2. The summed E-state index contributed by atoms with van der Waals surface area (Å²) in [5.41, 5.74) is 0. The molecule has 1 N–H and O–H groups in total. The molecule has 2 saturated heterocycles. The van der Waals surface area contributed by atoms with Gasteiger partial charge in [0.05, 0.1) is 11.5 Å². The molecule has 0 aliphatic carbocycles. The molecule has 3 atom stereocenters. The van der Waals surface area contributed by atoms with Gasteiger partial charge >= 0.3 is 12.0 Å². The molecule has 2 aliphatic heterocycles. The molecule has 2 amide bonds.